The summed E-state index contributed by atoms with van der Waals surface area (Å²) >= 11 is 0. The van der Waals surface area contributed by atoms with Crippen molar-refractivity contribution in [2.45, 2.75) is 0 Å². The van der Waals surface area contributed by atoms with E-state index in [-0.39, 0.29) is 127 Å². The van der Waals surface area contributed by atoms with Gasteiger partial charge in [-0.05, 0) is 0 Å². The molecular formula is C10H20BaN2Na2O8. The summed E-state index contributed by atoms with van der Waals surface area (Å²) in [4.78, 5) is 44.4. The van der Waals surface area contributed by atoms with Crippen molar-refractivity contribution >= 4 is 72.8 Å². The first-order chi connectivity index (χ1) is 9.20. The normalized spacial score (nSPS) is 9.30. The van der Waals surface area contributed by atoms with Gasteiger partial charge in [0.15, 0.2) is 0 Å². The number of carbonyl (C=O) groups is 4. The van der Waals surface area contributed by atoms with Gasteiger partial charge in [-0.2, -0.15) is 0 Å². The SMILES string of the molecule is O=C(O)CN(CCN(CC(=O)O)CC(=O)O)CC(=O)O.[Ba+2].[H-].[H-].[H-].[H-].[Na+].[Na+]. The number of hydrogen-bond acceptors (Lipinski definition) is 6. The number of nitrogens with zero attached hydrogens (tertiary/aromatic N) is 2. The Morgan fingerprint density at radius 1 is 0.609 bits per heavy atom. The molecule has 0 aromatic carbocycles. The van der Waals surface area contributed by atoms with Crippen molar-refractivity contribution in [1.29, 1.82) is 0 Å². The van der Waals surface area contributed by atoms with Crippen LogP contribution in [0.25, 0.3) is 0 Å². The standard InChI is InChI=1S/C10H16N2O8.Ba.2Na.4H/c13-7(14)3-11(4-8(15)16)1-2-12(5-9(17)18)6-10(19)20;;;;;;;/h1-6H2,(H,13,14)(H,15,16)(H,17,18)(H,19,20);;;;;;;/q;+2;2*+1;4*-1. The van der Waals surface area contributed by atoms with Gasteiger partial charge in [0.25, 0.3) is 0 Å². The van der Waals surface area contributed by atoms with E-state index < -0.39 is 50.1 Å². The van der Waals surface area contributed by atoms with E-state index in [9.17, 15) is 19.2 Å². The molecule has 0 radical (unpaired) electrons. The Hall–Kier alpha value is 1.37. The molecule has 0 aliphatic rings. The van der Waals surface area contributed by atoms with Crippen LogP contribution in [-0.4, -0.2) is 142 Å². The molecule has 0 rings (SSSR count). The van der Waals surface area contributed by atoms with Crippen LogP contribution in [0.3, 0.4) is 0 Å². The average molecular weight is 480 g/mol. The molecule has 0 amide bonds. The zero-order valence-electron chi connectivity index (χ0n) is 17.3. The van der Waals surface area contributed by atoms with E-state index in [1.165, 1.54) is 0 Å². The van der Waals surface area contributed by atoms with Crippen molar-refractivity contribution in [3.63, 3.8) is 0 Å². The molecule has 4 N–H and O–H groups in total. The van der Waals surface area contributed by atoms with Crippen molar-refractivity contribution in [2.75, 3.05) is 39.3 Å². The molecule has 0 aromatic heterocycles. The molecule has 0 saturated heterocycles. The molecule has 122 valence electrons. The molecule has 0 aliphatic heterocycles. The van der Waals surface area contributed by atoms with Crippen LogP contribution in [0.15, 0.2) is 0 Å². The maximum Gasteiger partial charge on any atom is 2.00 e. The summed E-state index contributed by atoms with van der Waals surface area (Å²) in [5.74, 6) is -4.91. The van der Waals surface area contributed by atoms with Crippen molar-refractivity contribution in [3.8, 4) is 0 Å². The summed E-state index contributed by atoms with van der Waals surface area (Å²) in [6.45, 7) is -2.25. The number of aliphatic carboxylic acids is 4. The van der Waals surface area contributed by atoms with Gasteiger partial charge >= 0.3 is 132 Å². The first-order valence-corrected chi connectivity index (χ1v) is 5.52. The van der Waals surface area contributed by atoms with Gasteiger partial charge < -0.3 is 26.1 Å². The van der Waals surface area contributed by atoms with Crippen LogP contribution in [0, 0.1) is 0 Å². The van der Waals surface area contributed by atoms with E-state index in [1.807, 2.05) is 0 Å². The first kappa shape index (κ1) is 32.1. The molecule has 0 unspecified atom stereocenters. The fourth-order valence-corrected chi connectivity index (χ4v) is 1.48. The number of hydrogen-bond donors (Lipinski definition) is 4. The Balaban J connectivity index is -0.0000000860. The van der Waals surface area contributed by atoms with Crippen LogP contribution < -0.4 is 59.1 Å². The predicted octanol–water partition coefficient (Wildman–Crippen LogP) is -7.99. The molecule has 0 aliphatic carbocycles. The van der Waals surface area contributed by atoms with Crippen LogP contribution in [0.2, 0.25) is 0 Å². The number of carboxylic acids is 4. The number of carboxylic acid groups (broad SMARTS) is 4. The minimum atomic E-state index is -1.23. The molecule has 0 bridgehead atoms. The van der Waals surface area contributed by atoms with Crippen molar-refractivity contribution in [2.24, 2.45) is 0 Å². The minimum absolute atomic E-state index is 0. The van der Waals surface area contributed by atoms with Crippen LogP contribution in [0.1, 0.15) is 5.71 Å². The summed E-state index contributed by atoms with van der Waals surface area (Å²) in [6.07, 6.45) is 0. The Morgan fingerprint density at radius 2 is 0.783 bits per heavy atom. The van der Waals surface area contributed by atoms with E-state index in [1.54, 1.807) is 0 Å². The molecule has 23 heavy (non-hydrogen) atoms. The smallest absolute Gasteiger partial charge is 1.00 e. The van der Waals surface area contributed by atoms with Gasteiger partial charge in [0, 0.05) is 13.1 Å². The molecule has 0 fully saturated rings. The molecule has 0 heterocycles. The van der Waals surface area contributed by atoms with E-state index in [0.717, 1.165) is 9.80 Å². The Labute approximate surface area is 223 Å². The molecule has 13 heteroatoms. The topological polar surface area (TPSA) is 156 Å². The molecule has 0 atom stereocenters. The van der Waals surface area contributed by atoms with Crippen LogP contribution in [-0.2, 0) is 19.2 Å². The maximum atomic E-state index is 10.6. The minimum Gasteiger partial charge on any atom is -1.00 e. The van der Waals surface area contributed by atoms with Gasteiger partial charge in [-0.25, -0.2) is 0 Å². The Morgan fingerprint density at radius 3 is 0.913 bits per heavy atom. The zero-order chi connectivity index (χ0) is 15.7. The van der Waals surface area contributed by atoms with E-state index in [2.05, 4.69) is 0 Å². The molecule has 0 spiro atoms. The van der Waals surface area contributed by atoms with Crippen LogP contribution in [0.5, 0.6) is 0 Å². The largest absolute Gasteiger partial charge is 2.00 e. The van der Waals surface area contributed by atoms with Gasteiger partial charge in [-0.15, -0.1) is 0 Å². The van der Waals surface area contributed by atoms with E-state index >= 15 is 0 Å². The molecule has 10 nitrogen and oxygen atoms in total. The predicted molar refractivity (Wildman–Crippen MR) is 73.6 cm³/mol. The van der Waals surface area contributed by atoms with Gasteiger partial charge in [-0.1, -0.05) is 0 Å². The molecule has 0 saturated carbocycles. The van der Waals surface area contributed by atoms with Gasteiger partial charge in [0.2, 0.25) is 0 Å². The summed E-state index contributed by atoms with van der Waals surface area (Å²) < 4.78 is 0. The second kappa shape index (κ2) is 18.2. The van der Waals surface area contributed by atoms with Crippen molar-refractivity contribution in [1.82, 2.24) is 9.80 Å². The third-order valence-electron chi connectivity index (χ3n) is 2.17. The second-order valence-electron chi connectivity index (χ2n) is 4.00. The summed E-state index contributed by atoms with van der Waals surface area (Å²) in [7, 11) is 0. The first-order valence-electron chi connectivity index (χ1n) is 5.52. The molecule has 0 aromatic rings. The third-order valence-corrected chi connectivity index (χ3v) is 2.17. The number of rotatable bonds is 11. The van der Waals surface area contributed by atoms with E-state index in [0.29, 0.717) is 0 Å². The summed E-state index contributed by atoms with van der Waals surface area (Å²) in [5.41, 5.74) is 0. The maximum absolute atomic E-state index is 10.6. The van der Waals surface area contributed by atoms with Crippen LogP contribution >= 0.6 is 0 Å². The Kier molecular flexibility index (Phi) is 25.3. The van der Waals surface area contributed by atoms with Gasteiger partial charge in [-0.3, -0.25) is 29.0 Å². The van der Waals surface area contributed by atoms with Gasteiger partial charge in [0.1, 0.15) is 0 Å². The summed E-state index contributed by atoms with van der Waals surface area (Å²) in [5, 5.41) is 34.5. The van der Waals surface area contributed by atoms with Crippen LogP contribution in [0.4, 0.5) is 0 Å². The van der Waals surface area contributed by atoms with E-state index in [4.69, 9.17) is 20.4 Å². The second-order valence-corrected chi connectivity index (χ2v) is 4.00. The summed E-state index contributed by atoms with van der Waals surface area (Å²) in [6, 6.07) is 0. The quantitative estimate of drug-likeness (QED) is 0.210. The zero-order valence-corrected chi connectivity index (χ0v) is 21.7. The monoisotopic (exact) mass is 480 g/mol. The third kappa shape index (κ3) is 21.3. The van der Waals surface area contributed by atoms with Crippen molar-refractivity contribution in [3.05, 3.63) is 0 Å². The molecular weight excluding hydrogens is 459 g/mol. The fourth-order valence-electron chi connectivity index (χ4n) is 1.48. The van der Waals surface area contributed by atoms with Crippen molar-refractivity contribution < 1.29 is 104 Å². The fraction of sp³-hybridized carbons (Fsp3) is 0.600. The average Bonchev–Trinajstić information content (AvgIpc) is 2.22. The Bertz CT molecular complexity index is 347. The van der Waals surface area contributed by atoms with Gasteiger partial charge in [0.05, 0.1) is 26.2 Å².